The standard InChI is InChI=1S/C11H18N2OS/c1-6-8-12-9(7(2)3)10(15-8)11(14)13(4)5/h7H,6H2,1-5H3. The average molecular weight is 226 g/mol. The molecule has 0 radical (unpaired) electrons. The molecule has 1 rings (SSSR count). The van der Waals surface area contributed by atoms with E-state index < -0.39 is 0 Å². The van der Waals surface area contributed by atoms with Crippen molar-refractivity contribution in [3.05, 3.63) is 15.6 Å². The number of thiazole rings is 1. The molecular formula is C11H18N2OS. The predicted molar refractivity (Wildman–Crippen MR) is 63.6 cm³/mol. The molecule has 0 fully saturated rings. The molecule has 4 heteroatoms. The normalized spacial score (nSPS) is 10.8. The fourth-order valence-electron chi connectivity index (χ4n) is 1.28. The van der Waals surface area contributed by atoms with Crippen LogP contribution in [0.2, 0.25) is 0 Å². The summed E-state index contributed by atoms with van der Waals surface area (Å²) >= 11 is 1.52. The minimum atomic E-state index is 0.0656. The van der Waals surface area contributed by atoms with Gasteiger partial charge in [-0.15, -0.1) is 11.3 Å². The number of rotatable bonds is 3. The van der Waals surface area contributed by atoms with Crippen molar-refractivity contribution < 1.29 is 4.79 Å². The number of aryl methyl sites for hydroxylation is 1. The minimum absolute atomic E-state index is 0.0656. The molecular weight excluding hydrogens is 208 g/mol. The lowest BCUT2D eigenvalue weighted by Gasteiger charge is -2.10. The first kappa shape index (κ1) is 12.2. The quantitative estimate of drug-likeness (QED) is 0.793. The highest BCUT2D eigenvalue weighted by Gasteiger charge is 2.20. The van der Waals surface area contributed by atoms with Crippen molar-refractivity contribution in [3.63, 3.8) is 0 Å². The van der Waals surface area contributed by atoms with Crippen LogP contribution >= 0.6 is 11.3 Å². The van der Waals surface area contributed by atoms with Crippen LogP contribution in [-0.2, 0) is 6.42 Å². The third kappa shape index (κ3) is 2.56. The third-order valence-corrected chi connectivity index (χ3v) is 3.35. The Bertz CT molecular complexity index is 355. The topological polar surface area (TPSA) is 33.2 Å². The molecule has 3 nitrogen and oxygen atoms in total. The van der Waals surface area contributed by atoms with E-state index in [9.17, 15) is 4.79 Å². The molecule has 1 heterocycles. The number of hydrogen-bond donors (Lipinski definition) is 0. The molecule has 1 aromatic rings. The van der Waals surface area contributed by atoms with Crippen LogP contribution in [0.4, 0.5) is 0 Å². The van der Waals surface area contributed by atoms with Gasteiger partial charge in [0.15, 0.2) is 0 Å². The van der Waals surface area contributed by atoms with Gasteiger partial charge in [-0.2, -0.15) is 0 Å². The number of hydrogen-bond acceptors (Lipinski definition) is 3. The minimum Gasteiger partial charge on any atom is -0.344 e. The van der Waals surface area contributed by atoms with E-state index >= 15 is 0 Å². The van der Waals surface area contributed by atoms with Gasteiger partial charge in [0.1, 0.15) is 4.88 Å². The van der Waals surface area contributed by atoms with Crippen molar-refractivity contribution in [2.45, 2.75) is 33.1 Å². The van der Waals surface area contributed by atoms with E-state index in [1.807, 2.05) is 0 Å². The largest absolute Gasteiger partial charge is 0.344 e. The van der Waals surface area contributed by atoms with Gasteiger partial charge in [0.25, 0.3) is 5.91 Å². The van der Waals surface area contributed by atoms with Gasteiger partial charge in [0, 0.05) is 14.1 Å². The Morgan fingerprint density at radius 3 is 2.47 bits per heavy atom. The molecule has 15 heavy (non-hydrogen) atoms. The lowest BCUT2D eigenvalue weighted by Crippen LogP contribution is -2.22. The summed E-state index contributed by atoms with van der Waals surface area (Å²) in [4.78, 5) is 18.8. The molecule has 0 bridgehead atoms. The van der Waals surface area contributed by atoms with E-state index in [-0.39, 0.29) is 5.91 Å². The van der Waals surface area contributed by atoms with Gasteiger partial charge < -0.3 is 4.90 Å². The SMILES string of the molecule is CCc1nc(C(C)C)c(C(=O)N(C)C)s1. The Morgan fingerprint density at radius 1 is 1.47 bits per heavy atom. The van der Waals surface area contributed by atoms with Crippen LogP contribution in [-0.4, -0.2) is 29.9 Å². The van der Waals surface area contributed by atoms with Crippen molar-refractivity contribution in [1.29, 1.82) is 0 Å². The molecule has 0 saturated heterocycles. The molecule has 0 aliphatic heterocycles. The first-order valence-corrected chi connectivity index (χ1v) is 6.00. The highest BCUT2D eigenvalue weighted by Crippen LogP contribution is 2.26. The van der Waals surface area contributed by atoms with Crippen LogP contribution in [0.3, 0.4) is 0 Å². The summed E-state index contributed by atoms with van der Waals surface area (Å²) in [7, 11) is 3.55. The van der Waals surface area contributed by atoms with E-state index in [0.29, 0.717) is 5.92 Å². The van der Waals surface area contributed by atoms with Crippen LogP contribution in [0.15, 0.2) is 0 Å². The average Bonchev–Trinajstić information content (AvgIpc) is 2.60. The van der Waals surface area contributed by atoms with Crippen LogP contribution in [0.25, 0.3) is 0 Å². The van der Waals surface area contributed by atoms with Gasteiger partial charge in [-0.3, -0.25) is 4.79 Å². The highest BCUT2D eigenvalue weighted by molar-refractivity contribution is 7.13. The Labute approximate surface area is 95.1 Å². The molecule has 0 aromatic carbocycles. The van der Waals surface area contributed by atoms with Gasteiger partial charge in [-0.05, 0) is 12.3 Å². The monoisotopic (exact) mass is 226 g/mol. The zero-order valence-electron chi connectivity index (χ0n) is 10.00. The number of aromatic nitrogens is 1. The highest BCUT2D eigenvalue weighted by atomic mass is 32.1. The van der Waals surface area contributed by atoms with Crippen molar-refractivity contribution in [2.75, 3.05) is 14.1 Å². The lowest BCUT2D eigenvalue weighted by atomic mass is 10.1. The molecule has 0 aliphatic rings. The van der Waals surface area contributed by atoms with Gasteiger partial charge in [-0.25, -0.2) is 4.98 Å². The number of nitrogens with zero attached hydrogens (tertiary/aromatic N) is 2. The third-order valence-electron chi connectivity index (χ3n) is 2.15. The summed E-state index contributed by atoms with van der Waals surface area (Å²) in [6, 6.07) is 0. The molecule has 0 atom stereocenters. The molecule has 0 unspecified atom stereocenters. The molecule has 84 valence electrons. The summed E-state index contributed by atoms with van der Waals surface area (Å²) in [5.74, 6) is 0.372. The van der Waals surface area contributed by atoms with Crippen LogP contribution < -0.4 is 0 Å². The number of carbonyl (C=O) groups is 1. The van der Waals surface area contributed by atoms with E-state index in [4.69, 9.17) is 0 Å². The Morgan fingerprint density at radius 2 is 2.07 bits per heavy atom. The summed E-state index contributed by atoms with van der Waals surface area (Å²) in [5.41, 5.74) is 0.940. The summed E-state index contributed by atoms with van der Waals surface area (Å²) in [6.45, 7) is 6.20. The first-order chi connectivity index (χ1) is 6.97. The maximum Gasteiger partial charge on any atom is 0.265 e. The van der Waals surface area contributed by atoms with Crippen molar-refractivity contribution in [1.82, 2.24) is 9.88 Å². The van der Waals surface area contributed by atoms with E-state index in [2.05, 4.69) is 25.8 Å². The van der Waals surface area contributed by atoms with Gasteiger partial charge in [-0.1, -0.05) is 20.8 Å². The van der Waals surface area contributed by atoms with Crippen molar-refractivity contribution in [3.8, 4) is 0 Å². The first-order valence-electron chi connectivity index (χ1n) is 5.18. The lowest BCUT2D eigenvalue weighted by molar-refractivity contribution is 0.0830. The Balaban J connectivity index is 3.14. The zero-order valence-corrected chi connectivity index (χ0v) is 10.8. The Hall–Kier alpha value is -0.900. The van der Waals surface area contributed by atoms with Gasteiger partial charge >= 0.3 is 0 Å². The molecule has 0 N–H and O–H groups in total. The number of carbonyl (C=O) groups excluding carboxylic acids is 1. The van der Waals surface area contributed by atoms with E-state index in [1.54, 1.807) is 19.0 Å². The summed E-state index contributed by atoms with van der Waals surface area (Å²) in [6.07, 6.45) is 0.894. The predicted octanol–water partition coefficient (Wildman–Crippen LogP) is 2.53. The second-order valence-electron chi connectivity index (χ2n) is 4.03. The maximum absolute atomic E-state index is 11.9. The zero-order chi connectivity index (χ0) is 11.6. The summed E-state index contributed by atoms with van der Waals surface area (Å²) in [5, 5.41) is 1.05. The second kappa shape index (κ2) is 4.75. The smallest absolute Gasteiger partial charge is 0.265 e. The van der Waals surface area contributed by atoms with Crippen LogP contribution in [0.1, 0.15) is 47.1 Å². The van der Waals surface area contributed by atoms with Gasteiger partial charge in [0.05, 0.1) is 10.7 Å². The molecule has 1 amide bonds. The molecule has 0 saturated carbocycles. The number of amides is 1. The van der Waals surface area contributed by atoms with Crippen molar-refractivity contribution in [2.24, 2.45) is 0 Å². The fraction of sp³-hybridized carbons (Fsp3) is 0.636. The molecule has 0 aliphatic carbocycles. The molecule has 1 aromatic heterocycles. The Kier molecular flexibility index (Phi) is 3.85. The van der Waals surface area contributed by atoms with E-state index in [1.165, 1.54) is 11.3 Å². The van der Waals surface area contributed by atoms with E-state index in [0.717, 1.165) is 22.0 Å². The maximum atomic E-state index is 11.9. The second-order valence-corrected chi connectivity index (χ2v) is 5.11. The van der Waals surface area contributed by atoms with Gasteiger partial charge in [0.2, 0.25) is 0 Å². The van der Waals surface area contributed by atoms with Crippen molar-refractivity contribution >= 4 is 17.2 Å². The fourth-order valence-corrected chi connectivity index (χ4v) is 2.46. The van der Waals surface area contributed by atoms with Crippen LogP contribution in [0.5, 0.6) is 0 Å². The molecule has 0 spiro atoms. The van der Waals surface area contributed by atoms with Crippen LogP contribution in [0, 0.1) is 0 Å². The summed E-state index contributed by atoms with van der Waals surface area (Å²) < 4.78 is 0.